The van der Waals surface area contributed by atoms with E-state index in [0.29, 0.717) is 30.4 Å². The number of likely N-dealkylation sites (N-methyl/N-ethyl adjacent to an activating group) is 1. The van der Waals surface area contributed by atoms with E-state index in [4.69, 9.17) is 11.6 Å². The molecule has 9 heteroatoms. The minimum atomic E-state index is -0.593. The largest absolute Gasteiger partial charge is 0.351 e. The minimum Gasteiger partial charge on any atom is -0.351 e. The van der Waals surface area contributed by atoms with Crippen molar-refractivity contribution in [2.75, 3.05) is 25.5 Å². The average Bonchev–Trinajstić information content (AvgIpc) is 2.67. The van der Waals surface area contributed by atoms with Crippen LogP contribution >= 0.6 is 11.6 Å². The van der Waals surface area contributed by atoms with Gasteiger partial charge in [0.15, 0.2) is 0 Å². The van der Waals surface area contributed by atoms with E-state index in [1.165, 1.54) is 12.1 Å². The van der Waals surface area contributed by atoms with Crippen LogP contribution < -0.4 is 10.6 Å². The lowest BCUT2D eigenvalue weighted by molar-refractivity contribution is -0.384. The first-order valence-electron chi connectivity index (χ1n) is 9.03. The molecule has 2 N–H and O–H groups in total. The lowest BCUT2D eigenvalue weighted by Crippen LogP contribution is -2.36. The van der Waals surface area contributed by atoms with Crippen molar-refractivity contribution in [2.24, 2.45) is 0 Å². The van der Waals surface area contributed by atoms with Crippen molar-refractivity contribution in [3.8, 4) is 0 Å². The molecule has 0 atom stereocenters. The van der Waals surface area contributed by atoms with Crippen LogP contribution in [-0.2, 0) is 0 Å². The number of nitro groups is 1. The predicted octanol–water partition coefficient (Wildman–Crippen LogP) is 3.57. The molecular formula is C20H23ClN4O4. The van der Waals surface area contributed by atoms with Crippen LogP contribution in [0.15, 0.2) is 42.5 Å². The third kappa shape index (κ3) is 6.00. The molecule has 0 aromatic heterocycles. The molecule has 0 aliphatic rings. The van der Waals surface area contributed by atoms with Gasteiger partial charge in [0.2, 0.25) is 0 Å². The van der Waals surface area contributed by atoms with Gasteiger partial charge < -0.3 is 15.5 Å². The summed E-state index contributed by atoms with van der Waals surface area (Å²) in [5.74, 6) is -0.877. The molecular weight excluding hydrogens is 396 g/mol. The molecule has 29 heavy (non-hydrogen) atoms. The fraction of sp³-hybridized carbons (Fsp3) is 0.300. The monoisotopic (exact) mass is 418 g/mol. The second-order valence-corrected chi connectivity index (χ2v) is 7.16. The second kappa shape index (κ2) is 9.99. The van der Waals surface area contributed by atoms with Gasteiger partial charge in [-0.3, -0.25) is 19.7 Å². The summed E-state index contributed by atoms with van der Waals surface area (Å²) >= 11 is 6.01. The highest BCUT2D eigenvalue weighted by Gasteiger charge is 2.18. The summed E-state index contributed by atoms with van der Waals surface area (Å²) < 4.78 is 0. The number of nitro benzene ring substituents is 1. The van der Waals surface area contributed by atoms with Crippen molar-refractivity contribution in [1.82, 2.24) is 10.2 Å². The molecule has 2 rings (SSSR count). The van der Waals surface area contributed by atoms with Crippen molar-refractivity contribution in [2.45, 2.75) is 19.9 Å². The second-order valence-electron chi connectivity index (χ2n) is 6.75. The summed E-state index contributed by atoms with van der Waals surface area (Å²) in [6.45, 7) is 5.28. The first-order valence-corrected chi connectivity index (χ1v) is 9.41. The van der Waals surface area contributed by atoms with Crippen molar-refractivity contribution in [1.29, 1.82) is 0 Å². The van der Waals surface area contributed by atoms with Gasteiger partial charge >= 0.3 is 0 Å². The normalized spacial score (nSPS) is 10.8. The maximum absolute atomic E-state index is 12.6. The van der Waals surface area contributed by atoms with Crippen molar-refractivity contribution < 1.29 is 14.5 Å². The molecule has 0 aliphatic carbocycles. The van der Waals surface area contributed by atoms with E-state index < -0.39 is 10.8 Å². The molecule has 0 spiro atoms. The summed E-state index contributed by atoms with van der Waals surface area (Å²) in [7, 11) is 1.97. The van der Waals surface area contributed by atoms with Gasteiger partial charge in [0.05, 0.1) is 26.8 Å². The van der Waals surface area contributed by atoms with Crippen LogP contribution in [0.1, 0.15) is 34.6 Å². The Bertz CT molecular complexity index is 917. The maximum Gasteiger partial charge on any atom is 0.270 e. The molecule has 0 saturated carbocycles. The first-order chi connectivity index (χ1) is 13.7. The Kier molecular flexibility index (Phi) is 7.69. The number of hydrogen-bond donors (Lipinski definition) is 2. The lowest BCUT2D eigenvalue weighted by atomic mass is 10.1. The van der Waals surface area contributed by atoms with Gasteiger partial charge in [0, 0.05) is 31.3 Å². The topological polar surface area (TPSA) is 105 Å². The summed E-state index contributed by atoms with van der Waals surface area (Å²) in [5, 5.41) is 16.3. The number of benzene rings is 2. The van der Waals surface area contributed by atoms with Crippen LogP contribution in [-0.4, -0.2) is 47.8 Å². The van der Waals surface area contributed by atoms with Gasteiger partial charge in [-0.25, -0.2) is 0 Å². The predicted molar refractivity (Wildman–Crippen MR) is 113 cm³/mol. The first kappa shape index (κ1) is 22.3. The molecule has 0 radical (unpaired) electrons. The number of nitrogens with one attached hydrogen (secondary N) is 2. The summed E-state index contributed by atoms with van der Waals surface area (Å²) in [4.78, 5) is 37.4. The Morgan fingerprint density at radius 2 is 1.83 bits per heavy atom. The van der Waals surface area contributed by atoms with Gasteiger partial charge in [-0.1, -0.05) is 23.7 Å². The Hall–Kier alpha value is -2.97. The average molecular weight is 419 g/mol. The number of hydrogen-bond acceptors (Lipinski definition) is 5. The molecule has 154 valence electrons. The molecule has 2 aromatic rings. The van der Waals surface area contributed by atoms with Gasteiger partial charge in [-0.05, 0) is 39.1 Å². The highest BCUT2D eigenvalue weighted by atomic mass is 35.5. The number of amides is 2. The molecule has 2 amide bonds. The van der Waals surface area contributed by atoms with Gasteiger partial charge in [0.1, 0.15) is 0 Å². The molecule has 0 heterocycles. The number of halogens is 1. The third-order valence-electron chi connectivity index (χ3n) is 4.46. The van der Waals surface area contributed by atoms with Crippen LogP contribution in [0.4, 0.5) is 11.4 Å². The van der Waals surface area contributed by atoms with E-state index in [9.17, 15) is 19.7 Å². The standard InChI is InChI=1S/C20H23ClN4O4/c1-13(2)24(3)11-10-22-19(26)16-6-4-5-7-18(16)23-20(27)15-9-8-14(25(28)29)12-17(15)21/h4-9,12-13H,10-11H2,1-3H3,(H,22,26)(H,23,27). The number of non-ortho nitro benzene ring substituents is 1. The fourth-order valence-corrected chi connectivity index (χ4v) is 2.74. The highest BCUT2D eigenvalue weighted by molar-refractivity contribution is 6.34. The smallest absolute Gasteiger partial charge is 0.270 e. The number of nitrogens with zero attached hydrogens (tertiary/aromatic N) is 2. The van der Waals surface area contributed by atoms with E-state index in [1.54, 1.807) is 24.3 Å². The van der Waals surface area contributed by atoms with Crippen molar-refractivity contribution in [3.63, 3.8) is 0 Å². The van der Waals surface area contributed by atoms with E-state index in [0.717, 1.165) is 6.07 Å². The summed E-state index contributed by atoms with van der Waals surface area (Å²) in [5.41, 5.74) is 0.497. The third-order valence-corrected chi connectivity index (χ3v) is 4.77. The SMILES string of the molecule is CC(C)N(C)CCNC(=O)c1ccccc1NC(=O)c1ccc([N+](=O)[O-])cc1Cl. The van der Waals surface area contributed by atoms with Crippen LogP contribution in [0.25, 0.3) is 0 Å². The molecule has 8 nitrogen and oxygen atoms in total. The quantitative estimate of drug-likeness (QED) is 0.503. The van der Waals surface area contributed by atoms with Crippen LogP contribution in [0, 0.1) is 10.1 Å². The van der Waals surface area contributed by atoms with E-state index in [-0.39, 0.29) is 22.2 Å². The Balaban J connectivity index is 2.11. The zero-order chi connectivity index (χ0) is 21.6. The van der Waals surface area contributed by atoms with Crippen molar-refractivity contribution in [3.05, 3.63) is 68.7 Å². The van der Waals surface area contributed by atoms with Crippen LogP contribution in [0.2, 0.25) is 5.02 Å². The van der Waals surface area contributed by atoms with Crippen LogP contribution in [0.3, 0.4) is 0 Å². The van der Waals surface area contributed by atoms with Gasteiger partial charge in [0.25, 0.3) is 17.5 Å². The number of carbonyl (C=O) groups is 2. The molecule has 0 aliphatic heterocycles. The van der Waals surface area contributed by atoms with Crippen molar-refractivity contribution >= 4 is 34.8 Å². The number of para-hydroxylation sites is 1. The van der Waals surface area contributed by atoms with Crippen LogP contribution in [0.5, 0.6) is 0 Å². The Morgan fingerprint density at radius 1 is 1.14 bits per heavy atom. The lowest BCUT2D eigenvalue weighted by Gasteiger charge is -2.21. The van der Waals surface area contributed by atoms with Gasteiger partial charge in [-0.2, -0.15) is 0 Å². The molecule has 0 fully saturated rings. The van der Waals surface area contributed by atoms with E-state index in [1.807, 2.05) is 7.05 Å². The maximum atomic E-state index is 12.6. The Labute approximate surface area is 174 Å². The highest BCUT2D eigenvalue weighted by Crippen LogP contribution is 2.24. The van der Waals surface area contributed by atoms with E-state index in [2.05, 4.69) is 29.4 Å². The number of anilines is 1. The number of rotatable bonds is 8. The summed E-state index contributed by atoms with van der Waals surface area (Å²) in [6.07, 6.45) is 0. The zero-order valence-corrected chi connectivity index (χ0v) is 17.2. The molecule has 2 aromatic carbocycles. The minimum absolute atomic E-state index is 0.0460. The Morgan fingerprint density at radius 3 is 2.45 bits per heavy atom. The molecule has 0 saturated heterocycles. The molecule has 0 bridgehead atoms. The van der Waals surface area contributed by atoms with E-state index >= 15 is 0 Å². The fourth-order valence-electron chi connectivity index (χ4n) is 2.48. The molecule has 0 unspecified atom stereocenters. The van der Waals surface area contributed by atoms with Gasteiger partial charge in [-0.15, -0.1) is 0 Å². The number of carbonyl (C=O) groups excluding carboxylic acids is 2. The summed E-state index contributed by atoms with van der Waals surface area (Å²) in [6, 6.07) is 10.6. The zero-order valence-electron chi connectivity index (χ0n) is 16.4.